The van der Waals surface area contributed by atoms with Crippen molar-refractivity contribution in [3.63, 3.8) is 0 Å². The molecular formula is C8H8Cl2N4O. The fraction of sp³-hybridized carbons (Fsp3) is 0.625. The molecule has 0 amide bonds. The molecule has 0 aromatic carbocycles. The maximum atomic E-state index is 5.66. The molecule has 1 aromatic rings. The maximum Gasteiger partial charge on any atom is 0.228 e. The van der Waals surface area contributed by atoms with Gasteiger partial charge < -0.3 is 10.1 Å². The number of hydrogen-bond donors (Lipinski definition) is 1. The second-order valence-electron chi connectivity index (χ2n) is 3.73. The van der Waals surface area contributed by atoms with Crippen LogP contribution < -0.4 is 5.32 Å². The summed E-state index contributed by atoms with van der Waals surface area (Å²) in [4.78, 5) is 11.6. The van der Waals surface area contributed by atoms with E-state index in [1.165, 1.54) is 0 Å². The van der Waals surface area contributed by atoms with Gasteiger partial charge in [-0.2, -0.15) is 15.0 Å². The molecule has 1 saturated carbocycles. The number of nitrogens with one attached hydrogen (secondary N) is 1. The minimum Gasteiger partial charge on any atom is -0.381 e. The molecule has 1 N–H and O–H groups in total. The lowest BCUT2D eigenvalue weighted by Gasteiger charge is -2.06. The Labute approximate surface area is 96.2 Å². The first kappa shape index (κ1) is 9.57. The molecule has 0 radical (unpaired) electrons. The van der Waals surface area contributed by atoms with Crippen LogP contribution in [0.5, 0.6) is 0 Å². The highest BCUT2D eigenvalue weighted by molar-refractivity contribution is 6.31. The summed E-state index contributed by atoms with van der Waals surface area (Å²) in [6.45, 7) is 1.63. The van der Waals surface area contributed by atoms with Gasteiger partial charge in [0.05, 0.1) is 13.2 Å². The highest BCUT2D eigenvalue weighted by atomic mass is 35.5. The van der Waals surface area contributed by atoms with Gasteiger partial charge in [-0.15, -0.1) is 0 Å². The molecule has 1 aliphatic carbocycles. The lowest BCUT2D eigenvalue weighted by Crippen LogP contribution is -2.15. The third-order valence-corrected chi connectivity index (χ3v) is 3.17. The fourth-order valence-corrected chi connectivity index (χ4v) is 2.36. The first-order valence-corrected chi connectivity index (χ1v) is 5.41. The largest absolute Gasteiger partial charge is 0.381 e. The number of fused-ring (bicyclic) bond motifs is 1. The van der Waals surface area contributed by atoms with Crippen molar-refractivity contribution >= 4 is 29.2 Å². The van der Waals surface area contributed by atoms with E-state index in [1.807, 2.05) is 0 Å². The van der Waals surface area contributed by atoms with Crippen LogP contribution in [-0.4, -0.2) is 34.2 Å². The smallest absolute Gasteiger partial charge is 0.228 e. The van der Waals surface area contributed by atoms with Crippen LogP contribution in [0.15, 0.2) is 0 Å². The van der Waals surface area contributed by atoms with Crippen LogP contribution in [-0.2, 0) is 4.74 Å². The Morgan fingerprint density at radius 3 is 2.27 bits per heavy atom. The van der Waals surface area contributed by atoms with Crippen molar-refractivity contribution in [2.45, 2.75) is 6.04 Å². The van der Waals surface area contributed by atoms with E-state index < -0.39 is 0 Å². The van der Waals surface area contributed by atoms with Gasteiger partial charge in [0.2, 0.25) is 16.5 Å². The average Bonchev–Trinajstić information content (AvgIpc) is 2.60. The zero-order chi connectivity index (χ0) is 10.4. The van der Waals surface area contributed by atoms with Crippen LogP contribution in [0, 0.1) is 11.8 Å². The Kier molecular flexibility index (Phi) is 2.19. The second kappa shape index (κ2) is 3.43. The lowest BCUT2D eigenvalue weighted by atomic mass is 10.4. The molecular weight excluding hydrogens is 239 g/mol. The molecule has 0 spiro atoms. The van der Waals surface area contributed by atoms with Crippen LogP contribution in [0.3, 0.4) is 0 Å². The van der Waals surface area contributed by atoms with Gasteiger partial charge in [0.15, 0.2) is 0 Å². The van der Waals surface area contributed by atoms with Crippen molar-refractivity contribution in [1.82, 2.24) is 15.0 Å². The van der Waals surface area contributed by atoms with Crippen molar-refractivity contribution in [1.29, 1.82) is 0 Å². The summed E-state index contributed by atoms with van der Waals surface area (Å²) in [5.74, 6) is 1.61. The van der Waals surface area contributed by atoms with Crippen LogP contribution in [0.1, 0.15) is 0 Å². The third kappa shape index (κ3) is 1.75. The van der Waals surface area contributed by atoms with Crippen LogP contribution in [0.4, 0.5) is 5.95 Å². The van der Waals surface area contributed by atoms with Gasteiger partial charge in [0, 0.05) is 17.9 Å². The van der Waals surface area contributed by atoms with Gasteiger partial charge >= 0.3 is 0 Å². The van der Waals surface area contributed by atoms with Gasteiger partial charge in [0.25, 0.3) is 0 Å². The molecule has 2 unspecified atom stereocenters. The molecule has 5 nitrogen and oxygen atoms in total. The van der Waals surface area contributed by atoms with Crippen molar-refractivity contribution in [2.24, 2.45) is 11.8 Å². The minimum atomic E-state index is 0.111. The molecule has 1 aromatic heterocycles. The predicted molar refractivity (Wildman–Crippen MR) is 55.1 cm³/mol. The van der Waals surface area contributed by atoms with Crippen LogP contribution >= 0.6 is 23.2 Å². The number of nitrogens with zero attached hydrogens (tertiary/aromatic N) is 3. The summed E-state index contributed by atoms with van der Waals surface area (Å²) in [5.41, 5.74) is 0. The van der Waals surface area contributed by atoms with E-state index >= 15 is 0 Å². The minimum absolute atomic E-state index is 0.111. The van der Waals surface area contributed by atoms with E-state index in [0.29, 0.717) is 23.8 Å². The molecule has 0 bridgehead atoms. The van der Waals surface area contributed by atoms with Crippen molar-refractivity contribution in [2.75, 3.05) is 18.5 Å². The van der Waals surface area contributed by atoms with E-state index in [2.05, 4.69) is 20.3 Å². The Hall–Kier alpha value is -0.650. The number of halogens is 2. The Morgan fingerprint density at radius 2 is 1.67 bits per heavy atom. The summed E-state index contributed by atoms with van der Waals surface area (Å²) in [5, 5.41) is 3.41. The zero-order valence-corrected chi connectivity index (χ0v) is 9.16. The number of rotatable bonds is 2. The van der Waals surface area contributed by atoms with E-state index in [4.69, 9.17) is 27.9 Å². The molecule has 7 heteroatoms. The highest BCUT2D eigenvalue weighted by Crippen LogP contribution is 2.45. The molecule has 2 heterocycles. The van der Waals surface area contributed by atoms with E-state index in [0.717, 1.165) is 13.2 Å². The van der Waals surface area contributed by atoms with Gasteiger partial charge in [-0.1, -0.05) is 0 Å². The molecule has 2 fully saturated rings. The second-order valence-corrected chi connectivity index (χ2v) is 4.41. The third-order valence-electron chi connectivity index (χ3n) is 2.83. The van der Waals surface area contributed by atoms with E-state index in [1.54, 1.807) is 0 Å². The van der Waals surface area contributed by atoms with Gasteiger partial charge in [-0.05, 0) is 23.2 Å². The van der Waals surface area contributed by atoms with Gasteiger partial charge in [-0.25, -0.2) is 0 Å². The number of aromatic nitrogens is 3. The maximum absolute atomic E-state index is 5.66. The molecule has 15 heavy (non-hydrogen) atoms. The Morgan fingerprint density at radius 1 is 1.07 bits per heavy atom. The Balaban J connectivity index is 1.72. The van der Waals surface area contributed by atoms with Crippen molar-refractivity contribution in [3.8, 4) is 0 Å². The molecule has 2 atom stereocenters. The molecule has 2 aliphatic rings. The van der Waals surface area contributed by atoms with Crippen LogP contribution in [0.2, 0.25) is 10.6 Å². The summed E-state index contributed by atoms with van der Waals surface area (Å²) in [6, 6.07) is 0.397. The summed E-state index contributed by atoms with van der Waals surface area (Å²) < 4.78 is 5.28. The summed E-state index contributed by atoms with van der Waals surface area (Å²) in [6.07, 6.45) is 0. The molecule has 1 saturated heterocycles. The predicted octanol–water partition coefficient (Wildman–Crippen LogP) is 1.24. The topological polar surface area (TPSA) is 59.9 Å². The van der Waals surface area contributed by atoms with Gasteiger partial charge in [0.1, 0.15) is 0 Å². The molecule has 1 aliphatic heterocycles. The number of ether oxygens (including phenoxy) is 1. The highest BCUT2D eigenvalue weighted by Gasteiger charge is 2.54. The monoisotopic (exact) mass is 246 g/mol. The van der Waals surface area contributed by atoms with Crippen molar-refractivity contribution < 1.29 is 4.74 Å². The normalized spacial score (nSPS) is 32.5. The quantitative estimate of drug-likeness (QED) is 0.851. The zero-order valence-electron chi connectivity index (χ0n) is 7.65. The summed E-state index contributed by atoms with van der Waals surface area (Å²) in [7, 11) is 0. The number of anilines is 1. The lowest BCUT2D eigenvalue weighted by molar-refractivity contribution is 0.162. The SMILES string of the molecule is Clc1nc(Cl)nc(NC2C3COCC32)n1. The Bertz CT molecular complexity index is 372. The standard InChI is InChI=1S/C8H8Cl2N4O/c9-6-12-7(10)14-8(13-6)11-5-3-1-15-2-4(3)5/h3-5H,1-2H2,(H,11,12,13,14). The fourth-order valence-electron chi connectivity index (χ4n) is 1.99. The first-order valence-electron chi connectivity index (χ1n) is 4.65. The molecule has 80 valence electrons. The summed E-state index contributed by atoms with van der Waals surface area (Å²) >= 11 is 11.3. The van der Waals surface area contributed by atoms with Crippen molar-refractivity contribution in [3.05, 3.63) is 10.6 Å². The van der Waals surface area contributed by atoms with E-state index in [-0.39, 0.29) is 10.6 Å². The first-order chi connectivity index (χ1) is 7.24. The van der Waals surface area contributed by atoms with Crippen LogP contribution in [0.25, 0.3) is 0 Å². The average molecular weight is 247 g/mol. The van der Waals surface area contributed by atoms with E-state index in [9.17, 15) is 0 Å². The molecule has 3 rings (SSSR count). The number of hydrogen-bond acceptors (Lipinski definition) is 5. The van der Waals surface area contributed by atoms with Gasteiger partial charge in [-0.3, -0.25) is 0 Å².